The molecule has 1 aromatic heterocycles. The van der Waals surface area contributed by atoms with E-state index in [1.54, 1.807) is 0 Å². The normalized spacial score (nSPS) is 27.9. The van der Waals surface area contributed by atoms with Crippen LogP contribution in [0.25, 0.3) is 0 Å². The lowest BCUT2D eigenvalue weighted by molar-refractivity contribution is -0.0667. The number of hydrogen-bond donors (Lipinski definition) is 1. The van der Waals surface area contributed by atoms with Gasteiger partial charge in [-0.1, -0.05) is 19.3 Å². The molecule has 1 aliphatic heterocycles. The standard InChI is InChI=1S/C17H30N4O/c1-14-12-20(13-15(2)22-14)11-9-18-17-8-10-21(19-17)16-6-4-3-5-7-16/h8,10,14-16H,3-7,9,11-13H2,1-2H3,(H,18,19). The van der Waals surface area contributed by atoms with Gasteiger partial charge in [0.25, 0.3) is 0 Å². The van der Waals surface area contributed by atoms with Crippen LogP contribution in [-0.2, 0) is 4.74 Å². The van der Waals surface area contributed by atoms with Gasteiger partial charge in [0.05, 0.1) is 18.2 Å². The van der Waals surface area contributed by atoms with Crippen LogP contribution in [0.2, 0.25) is 0 Å². The smallest absolute Gasteiger partial charge is 0.148 e. The maximum atomic E-state index is 5.77. The molecule has 2 aliphatic rings. The lowest BCUT2D eigenvalue weighted by Crippen LogP contribution is -2.46. The predicted molar refractivity (Wildman–Crippen MR) is 89.3 cm³/mol. The van der Waals surface area contributed by atoms with E-state index in [9.17, 15) is 0 Å². The second-order valence-corrected chi connectivity index (χ2v) is 6.92. The third-order valence-electron chi connectivity index (χ3n) is 4.79. The second kappa shape index (κ2) is 7.47. The van der Waals surface area contributed by atoms with Crippen LogP contribution in [0.3, 0.4) is 0 Å². The quantitative estimate of drug-likeness (QED) is 0.908. The number of rotatable bonds is 5. The van der Waals surface area contributed by atoms with Crippen molar-refractivity contribution in [2.24, 2.45) is 0 Å². The average molecular weight is 306 g/mol. The van der Waals surface area contributed by atoms with E-state index in [1.165, 1.54) is 32.1 Å². The molecule has 124 valence electrons. The summed E-state index contributed by atoms with van der Waals surface area (Å²) < 4.78 is 7.94. The highest BCUT2D eigenvalue weighted by molar-refractivity contribution is 5.32. The lowest BCUT2D eigenvalue weighted by Gasteiger charge is -2.35. The van der Waals surface area contributed by atoms with Crippen molar-refractivity contribution in [1.82, 2.24) is 14.7 Å². The Morgan fingerprint density at radius 3 is 2.64 bits per heavy atom. The molecule has 5 nitrogen and oxygen atoms in total. The van der Waals surface area contributed by atoms with Crippen molar-refractivity contribution in [2.45, 2.75) is 64.2 Å². The molecule has 1 saturated heterocycles. The molecule has 0 aromatic carbocycles. The third kappa shape index (κ3) is 4.23. The van der Waals surface area contributed by atoms with Crippen LogP contribution >= 0.6 is 0 Å². The van der Waals surface area contributed by atoms with Crippen LogP contribution in [-0.4, -0.2) is 53.1 Å². The highest BCUT2D eigenvalue weighted by Gasteiger charge is 2.21. The highest BCUT2D eigenvalue weighted by atomic mass is 16.5. The minimum Gasteiger partial charge on any atom is -0.373 e. The van der Waals surface area contributed by atoms with Crippen molar-refractivity contribution in [2.75, 3.05) is 31.5 Å². The van der Waals surface area contributed by atoms with Gasteiger partial charge in [-0.3, -0.25) is 9.58 Å². The molecule has 0 bridgehead atoms. The Morgan fingerprint density at radius 2 is 1.91 bits per heavy atom. The zero-order chi connectivity index (χ0) is 15.4. The fraction of sp³-hybridized carbons (Fsp3) is 0.824. The summed E-state index contributed by atoms with van der Waals surface area (Å²) in [5.41, 5.74) is 0. The molecule has 5 heteroatoms. The van der Waals surface area contributed by atoms with Crippen molar-refractivity contribution in [1.29, 1.82) is 0 Å². The van der Waals surface area contributed by atoms with Gasteiger partial charge in [0, 0.05) is 38.4 Å². The Hall–Kier alpha value is -1.07. The van der Waals surface area contributed by atoms with Gasteiger partial charge < -0.3 is 10.1 Å². The van der Waals surface area contributed by atoms with Gasteiger partial charge >= 0.3 is 0 Å². The van der Waals surface area contributed by atoms with Gasteiger partial charge in [0.2, 0.25) is 0 Å². The topological polar surface area (TPSA) is 42.3 Å². The van der Waals surface area contributed by atoms with Crippen LogP contribution in [0.4, 0.5) is 5.82 Å². The first kappa shape index (κ1) is 15.8. The van der Waals surface area contributed by atoms with E-state index in [0.717, 1.165) is 32.0 Å². The van der Waals surface area contributed by atoms with Crippen molar-refractivity contribution < 1.29 is 4.74 Å². The van der Waals surface area contributed by atoms with Crippen LogP contribution in [0.5, 0.6) is 0 Å². The Balaban J connectivity index is 1.43. The number of anilines is 1. The fourth-order valence-corrected chi connectivity index (χ4v) is 3.79. The summed E-state index contributed by atoms with van der Waals surface area (Å²) in [6, 6.07) is 2.73. The first-order chi connectivity index (χ1) is 10.7. The number of nitrogens with one attached hydrogen (secondary N) is 1. The molecule has 0 spiro atoms. The largest absolute Gasteiger partial charge is 0.373 e. The fourth-order valence-electron chi connectivity index (χ4n) is 3.79. The molecular formula is C17H30N4O. The van der Waals surface area contributed by atoms with E-state index in [2.05, 4.69) is 41.0 Å². The Morgan fingerprint density at radius 1 is 1.18 bits per heavy atom. The first-order valence-electron chi connectivity index (χ1n) is 8.87. The van der Waals surface area contributed by atoms with Crippen molar-refractivity contribution >= 4 is 5.82 Å². The molecule has 3 rings (SSSR count). The Kier molecular flexibility index (Phi) is 5.37. The van der Waals surface area contributed by atoms with Crippen molar-refractivity contribution in [3.63, 3.8) is 0 Å². The summed E-state index contributed by atoms with van der Waals surface area (Å²) >= 11 is 0. The summed E-state index contributed by atoms with van der Waals surface area (Å²) in [7, 11) is 0. The minimum atomic E-state index is 0.342. The van der Waals surface area contributed by atoms with Gasteiger partial charge in [-0.15, -0.1) is 0 Å². The maximum Gasteiger partial charge on any atom is 0.148 e. The number of aromatic nitrogens is 2. The van der Waals surface area contributed by atoms with E-state index in [4.69, 9.17) is 9.84 Å². The molecule has 1 N–H and O–H groups in total. The van der Waals surface area contributed by atoms with E-state index < -0.39 is 0 Å². The van der Waals surface area contributed by atoms with Crippen LogP contribution in [0.1, 0.15) is 52.0 Å². The van der Waals surface area contributed by atoms with E-state index in [-0.39, 0.29) is 0 Å². The van der Waals surface area contributed by atoms with E-state index >= 15 is 0 Å². The average Bonchev–Trinajstić information content (AvgIpc) is 2.96. The van der Waals surface area contributed by atoms with Gasteiger partial charge in [-0.25, -0.2) is 0 Å². The molecule has 0 radical (unpaired) electrons. The summed E-state index contributed by atoms with van der Waals surface area (Å²) in [6.45, 7) is 8.37. The predicted octanol–water partition coefficient (Wildman–Crippen LogP) is 2.91. The summed E-state index contributed by atoms with van der Waals surface area (Å²) in [4.78, 5) is 2.48. The molecule has 2 fully saturated rings. The molecule has 22 heavy (non-hydrogen) atoms. The molecule has 2 heterocycles. The molecule has 0 amide bonds. The van der Waals surface area contributed by atoms with E-state index in [0.29, 0.717) is 18.2 Å². The van der Waals surface area contributed by atoms with E-state index in [1.807, 2.05) is 0 Å². The summed E-state index contributed by atoms with van der Waals surface area (Å²) in [6.07, 6.45) is 9.47. The van der Waals surface area contributed by atoms with Gasteiger partial charge in [0.15, 0.2) is 0 Å². The van der Waals surface area contributed by atoms with Gasteiger partial charge in [0.1, 0.15) is 5.82 Å². The third-order valence-corrected chi connectivity index (χ3v) is 4.79. The summed E-state index contributed by atoms with van der Waals surface area (Å²) in [5.74, 6) is 1.01. The summed E-state index contributed by atoms with van der Waals surface area (Å²) in [5, 5.41) is 8.18. The minimum absolute atomic E-state index is 0.342. The SMILES string of the molecule is CC1CN(CCNc2ccn(C3CCCCC3)n2)CC(C)O1. The Labute approximate surface area is 134 Å². The molecular weight excluding hydrogens is 276 g/mol. The van der Waals surface area contributed by atoms with Crippen LogP contribution in [0.15, 0.2) is 12.3 Å². The highest BCUT2D eigenvalue weighted by Crippen LogP contribution is 2.27. The molecule has 1 aliphatic carbocycles. The zero-order valence-electron chi connectivity index (χ0n) is 14.0. The number of ether oxygens (including phenoxy) is 1. The van der Waals surface area contributed by atoms with Crippen molar-refractivity contribution in [3.05, 3.63) is 12.3 Å². The maximum absolute atomic E-state index is 5.77. The van der Waals surface area contributed by atoms with Crippen LogP contribution in [0, 0.1) is 0 Å². The number of nitrogens with zero attached hydrogens (tertiary/aromatic N) is 3. The molecule has 2 atom stereocenters. The van der Waals surface area contributed by atoms with Crippen molar-refractivity contribution in [3.8, 4) is 0 Å². The lowest BCUT2D eigenvalue weighted by atomic mass is 9.96. The Bertz CT molecular complexity index is 445. The van der Waals surface area contributed by atoms with Gasteiger partial charge in [-0.2, -0.15) is 5.10 Å². The molecule has 1 aromatic rings. The van der Waals surface area contributed by atoms with Gasteiger partial charge in [-0.05, 0) is 26.7 Å². The van der Waals surface area contributed by atoms with Crippen LogP contribution < -0.4 is 5.32 Å². The molecule has 2 unspecified atom stereocenters. The monoisotopic (exact) mass is 306 g/mol. The molecule has 1 saturated carbocycles. The number of morpholine rings is 1. The number of hydrogen-bond acceptors (Lipinski definition) is 4. The second-order valence-electron chi connectivity index (χ2n) is 6.92. The first-order valence-corrected chi connectivity index (χ1v) is 8.87. The zero-order valence-corrected chi connectivity index (χ0v) is 14.0.